The number of H-pyrrole nitrogens is 1. The summed E-state index contributed by atoms with van der Waals surface area (Å²) >= 11 is 0. The number of likely N-dealkylation sites (N-methyl/N-ethyl adjacent to an activating group) is 1. The fraction of sp³-hybridized carbons (Fsp3) is 0.227. The zero-order chi connectivity index (χ0) is 18.6. The van der Waals surface area contributed by atoms with Gasteiger partial charge in [0.2, 0.25) is 0 Å². The van der Waals surface area contributed by atoms with Crippen LogP contribution >= 0.6 is 0 Å². The summed E-state index contributed by atoms with van der Waals surface area (Å²) in [5.41, 5.74) is 2.21. The standard InChI is InChI=1S/C17H18FN4.C5H5.Fe/c1-21-6-8-22(9-7-21)16-11-15-14(10-13(16)18)19-17(20-15)12-4-2-3-5-12;1-2-4-5-3-1;/h2-5,10-11H,6-9H2,1H3,(H,19,20);1-5H;/q;;+2. The minimum atomic E-state index is -0.185. The number of hydrogen-bond acceptors (Lipinski definition) is 3. The van der Waals surface area contributed by atoms with Crippen molar-refractivity contribution in [3.05, 3.63) is 87.5 Å². The van der Waals surface area contributed by atoms with Crippen LogP contribution in [0.1, 0.15) is 5.82 Å². The molecule has 1 aromatic carbocycles. The number of piperazine rings is 1. The first kappa shape index (κ1) is 21.6. The number of rotatable bonds is 2. The molecule has 4 nitrogen and oxygen atoms in total. The van der Waals surface area contributed by atoms with Gasteiger partial charge in [0.1, 0.15) is 11.6 Å². The van der Waals surface area contributed by atoms with Crippen molar-refractivity contribution in [1.82, 2.24) is 14.9 Å². The van der Waals surface area contributed by atoms with Gasteiger partial charge in [-0.15, -0.1) is 0 Å². The molecule has 1 N–H and O–H groups in total. The first-order chi connectivity index (χ1) is 13.2. The van der Waals surface area contributed by atoms with Crippen LogP contribution in [0.2, 0.25) is 0 Å². The van der Waals surface area contributed by atoms with Gasteiger partial charge in [-0.25, -0.2) is 9.37 Å². The van der Waals surface area contributed by atoms with Crippen molar-refractivity contribution in [3.8, 4) is 0 Å². The number of hydrogen-bond donors (Lipinski definition) is 1. The Balaban J connectivity index is 0.000000329. The average molecular weight is 418 g/mol. The van der Waals surface area contributed by atoms with Crippen molar-refractivity contribution in [3.63, 3.8) is 0 Å². The van der Waals surface area contributed by atoms with Gasteiger partial charge < -0.3 is 14.8 Å². The molecular formula is C22H23FFeN4+2. The average Bonchev–Trinajstić information content (AvgIpc) is 3.43. The van der Waals surface area contributed by atoms with E-state index >= 15 is 0 Å². The van der Waals surface area contributed by atoms with Gasteiger partial charge in [0.15, 0.2) is 0 Å². The Morgan fingerprint density at radius 3 is 2.11 bits per heavy atom. The van der Waals surface area contributed by atoms with Gasteiger partial charge in [0.05, 0.1) is 16.7 Å². The van der Waals surface area contributed by atoms with Crippen molar-refractivity contribution in [2.45, 2.75) is 0 Å². The topological polar surface area (TPSA) is 35.2 Å². The molecule has 1 saturated heterocycles. The molecule has 144 valence electrons. The normalized spacial score (nSPS) is 20.9. The smallest absolute Gasteiger partial charge is 0.367 e. The zero-order valence-electron chi connectivity index (χ0n) is 15.8. The van der Waals surface area contributed by atoms with Crippen molar-refractivity contribution in [2.75, 3.05) is 38.1 Å². The van der Waals surface area contributed by atoms with Crippen LogP contribution in [0, 0.1) is 69.5 Å². The number of benzene rings is 1. The molecule has 2 aliphatic carbocycles. The van der Waals surface area contributed by atoms with Crippen molar-refractivity contribution >= 4 is 16.7 Å². The van der Waals surface area contributed by atoms with Crippen LogP contribution in [0.4, 0.5) is 10.1 Å². The van der Waals surface area contributed by atoms with Crippen LogP contribution in [0.15, 0.2) is 12.1 Å². The van der Waals surface area contributed by atoms with Crippen LogP contribution in [-0.2, 0) is 17.1 Å². The van der Waals surface area contributed by atoms with Crippen molar-refractivity contribution < 1.29 is 21.5 Å². The summed E-state index contributed by atoms with van der Waals surface area (Å²) in [6, 6.07) is 3.42. The van der Waals surface area contributed by atoms with Crippen molar-refractivity contribution in [2.24, 2.45) is 0 Å². The Morgan fingerprint density at radius 1 is 0.893 bits per heavy atom. The number of fused-ring (bicyclic) bond motifs is 1. The number of nitrogens with one attached hydrogen (secondary N) is 1. The fourth-order valence-corrected chi connectivity index (χ4v) is 3.30. The molecule has 28 heavy (non-hydrogen) atoms. The molecule has 1 aromatic heterocycles. The van der Waals surface area contributed by atoms with Gasteiger partial charge in [-0.3, -0.25) is 0 Å². The van der Waals surface area contributed by atoms with E-state index in [1.165, 1.54) is 0 Å². The number of aromatic nitrogens is 2. The van der Waals surface area contributed by atoms with E-state index < -0.39 is 0 Å². The summed E-state index contributed by atoms with van der Waals surface area (Å²) in [6.07, 6.45) is 17.9. The van der Waals surface area contributed by atoms with Crippen molar-refractivity contribution in [1.29, 1.82) is 0 Å². The van der Waals surface area contributed by atoms with E-state index in [1.54, 1.807) is 6.07 Å². The SMILES string of the molecule is CN1CCN(c2cc3nc([C]4[CH][CH][CH][CH]4)[nH]c3cc2F)CC1.[CH]1[CH][CH][CH][CH]1.[Fe+2]. The molecule has 6 heteroatoms. The Kier molecular flexibility index (Phi) is 7.78. The molecule has 1 aliphatic heterocycles. The van der Waals surface area contributed by atoms with Gasteiger partial charge in [-0.1, -0.05) is 0 Å². The summed E-state index contributed by atoms with van der Waals surface area (Å²) < 4.78 is 14.4. The fourth-order valence-electron chi connectivity index (χ4n) is 3.30. The number of nitrogens with zero attached hydrogens (tertiary/aromatic N) is 3. The van der Waals surface area contributed by atoms with Crippen LogP contribution in [0.25, 0.3) is 11.0 Å². The Bertz CT molecular complexity index is 737. The van der Waals surface area contributed by atoms with Gasteiger partial charge in [-0.05, 0) is 70.9 Å². The first-order valence-electron chi connectivity index (χ1n) is 9.22. The van der Waals surface area contributed by atoms with E-state index in [9.17, 15) is 4.39 Å². The molecule has 0 spiro atoms. The number of imidazole rings is 1. The third-order valence-electron chi connectivity index (χ3n) is 4.89. The van der Waals surface area contributed by atoms with Gasteiger partial charge >= 0.3 is 17.1 Å². The van der Waals surface area contributed by atoms with Crippen LogP contribution in [0.5, 0.6) is 0 Å². The Morgan fingerprint density at radius 2 is 1.50 bits per heavy atom. The summed E-state index contributed by atoms with van der Waals surface area (Å²) in [7, 11) is 2.09. The number of anilines is 1. The van der Waals surface area contributed by atoms with Gasteiger partial charge in [0.25, 0.3) is 0 Å². The van der Waals surface area contributed by atoms with Gasteiger partial charge in [-0.2, -0.15) is 0 Å². The summed E-state index contributed by atoms with van der Waals surface area (Å²) in [5, 5.41) is 0. The zero-order valence-corrected chi connectivity index (χ0v) is 16.9. The minimum Gasteiger partial charge on any atom is -0.367 e. The molecule has 0 unspecified atom stereocenters. The maximum absolute atomic E-state index is 14.4. The van der Waals surface area contributed by atoms with E-state index in [1.807, 2.05) is 63.9 Å². The summed E-state index contributed by atoms with van der Waals surface area (Å²) in [5.74, 6) is 1.63. The van der Waals surface area contributed by atoms with Crippen LogP contribution < -0.4 is 4.90 Å². The first-order valence-corrected chi connectivity index (χ1v) is 9.22. The van der Waals surface area contributed by atoms with E-state index in [-0.39, 0.29) is 22.9 Å². The van der Waals surface area contributed by atoms with E-state index in [0.717, 1.165) is 49.0 Å². The molecule has 3 aliphatic rings. The number of aromatic amines is 1. The quantitative estimate of drug-likeness (QED) is 0.761. The maximum Gasteiger partial charge on any atom is 2.00 e. The third-order valence-corrected chi connectivity index (χ3v) is 4.89. The molecule has 0 bridgehead atoms. The summed E-state index contributed by atoms with van der Waals surface area (Å²) in [4.78, 5) is 12.2. The van der Waals surface area contributed by atoms with E-state index in [0.29, 0.717) is 5.69 Å². The predicted molar refractivity (Wildman–Crippen MR) is 107 cm³/mol. The molecule has 5 rings (SSSR count). The second-order valence-electron chi connectivity index (χ2n) is 6.83. The minimum absolute atomic E-state index is 0. The largest absolute Gasteiger partial charge is 2.00 e. The van der Waals surface area contributed by atoms with Gasteiger partial charge in [0, 0.05) is 38.2 Å². The van der Waals surface area contributed by atoms with E-state index in [4.69, 9.17) is 0 Å². The van der Waals surface area contributed by atoms with Crippen LogP contribution in [0.3, 0.4) is 0 Å². The Labute approximate surface area is 178 Å². The molecule has 2 heterocycles. The Hall–Kier alpha value is -1.10. The van der Waals surface area contributed by atoms with E-state index in [2.05, 4.69) is 26.8 Å². The molecule has 2 saturated carbocycles. The maximum atomic E-state index is 14.4. The predicted octanol–water partition coefficient (Wildman–Crippen LogP) is 3.23. The molecular weight excluding hydrogens is 395 g/mol. The second-order valence-corrected chi connectivity index (χ2v) is 6.83. The number of halogens is 1. The molecule has 0 atom stereocenters. The molecule has 10 radical (unpaired) electrons. The second kappa shape index (κ2) is 10.1. The van der Waals surface area contributed by atoms with Crippen LogP contribution in [-0.4, -0.2) is 48.1 Å². The third kappa shape index (κ3) is 5.08. The summed E-state index contributed by atoms with van der Waals surface area (Å²) in [6.45, 7) is 3.60. The molecule has 3 fully saturated rings. The monoisotopic (exact) mass is 418 g/mol. The molecule has 0 amide bonds. The molecule has 2 aromatic rings.